The van der Waals surface area contributed by atoms with Crippen LogP contribution >= 0.6 is 23.4 Å². The lowest BCUT2D eigenvalue weighted by Crippen LogP contribution is -2.55. The van der Waals surface area contributed by atoms with Crippen LogP contribution in [0.1, 0.15) is 63.4 Å². The molecule has 6 heteroatoms. The largest absolute Gasteiger partial charge is 0.352 e. The fourth-order valence-corrected chi connectivity index (χ4v) is 6.46. The molecule has 0 aromatic heterocycles. The van der Waals surface area contributed by atoms with Crippen molar-refractivity contribution in [2.75, 3.05) is 6.54 Å². The van der Waals surface area contributed by atoms with Gasteiger partial charge < -0.3 is 10.2 Å². The Labute approximate surface area is 182 Å². The van der Waals surface area contributed by atoms with Gasteiger partial charge in [0, 0.05) is 22.4 Å². The van der Waals surface area contributed by atoms with Gasteiger partial charge in [0.25, 0.3) is 5.91 Å². The first kappa shape index (κ1) is 20.8. The maximum absolute atomic E-state index is 13.3. The molecule has 2 aliphatic carbocycles. The fraction of sp³-hybridized carbons (Fsp3) is 0.565. The second kappa shape index (κ2) is 9.57. The lowest BCUT2D eigenvalue weighted by Gasteiger charge is -2.44. The van der Waals surface area contributed by atoms with Gasteiger partial charge in [0.05, 0.1) is 4.91 Å². The molecule has 1 aliphatic heterocycles. The Morgan fingerprint density at radius 2 is 1.90 bits per heavy atom. The van der Waals surface area contributed by atoms with E-state index in [2.05, 4.69) is 5.32 Å². The topological polar surface area (TPSA) is 49.4 Å². The number of halogens is 1. The van der Waals surface area contributed by atoms with Crippen LogP contribution in [0.2, 0.25) is 5.02 Å². The molecule has 0 bridgehead atoms. The number of nitrogens with one attached hydrogen (secondary N) is 1. The number of nitrogens with zero attached hydrogens (tertiary/aromatic N) is 1. The van der Waals surface area contributed by atoms with Gasteiger partial charge in [0.15, 0.2) is 0 Å². The van der Waals surface area contributed by atoms with E-state index in [0.29, 0.717) is 10.3 Å². The van der Waals surface area contributed by atoms with Crippen LogP contribution < -0.4 is 5.32 Å². The quantitative estimate of drug-likeness (QED) is 0.680. The SMILES string of the molecule is O=C(CN1C(=O)/C(=C\c2cccc(Cl)c2)SC2CCCCC21)NC1CCCCC1. The van der Waals surface area contributed by atoms with Crippen molar-refractivity contribution in [3.05, 3.63) is 39.8 Å². The highest BCUT2D eigenvalue weighted by Crippen LogP contribution is 2.42. The van der Waals surface area contributed by atoms with Gasteiger partial charge in [0.2, 0.25) is 5.91 Å². The first-order valence-corrected chi connectivity index (χ1v) is 12.1. The zero-order chi connectivity index (χ0) is 20.2. The third kappa shape index (κ3) is 5.18. The molecule has 3 fully saturated rings. The first-order chi connectivity index (χ1) is 14.1. The van der Waals surface area contributed by atoms with Crippen molar-refractivity contribution in [3.8, 4) is 0 Å². The van der Waals surface area contributed by atoms with Gasteiger partial charge in [-0.2, -0.15) is 0 Å². The van der Waals surface area contributed by atoms with E-state index < -0.39 is 0 Å². The Bertz CT molecular complexity index is 791. The van der Waals surface area contributed by atoms with E-state index in [1.165, 1.54) is 25.7 Å². The fourth-order valence-electron chi connectivity index (χ4n) is 4.78. The molecule has 0 spiro atoms. The molecule has 2 saturated carbocycles. The number of carbonyl (C=O) groups is 2. The highest BCUT2D eigenvalue weighted by molar-refractivity contribution is 8.04. The summed E-state index contributed by atoms with van der Waals surface area (Å²) in [6.45, 7) is 0.171. The summed E-state index contributed by atoms with van der Waals surface area (Å²) in [5.41, 5.74) is 0.925. The highest BCUT2D eigenvalue weighted by Gasteiger charge is 2.41. The van der Waals surface area contributed by atoms with Gasteiger partial charge in [0.1, 0.15) is 6.54 Å². The van der Waals surface area contributed by atoms with Gasteiger partial charge >= 0.3 is 0 Å². The van der Waals surface area contributed by atoms with E-state index in [-0.39, 0.29) is 30.4 Å². The first-order valence-electron chi connectivity index (χ1n) is 10.8. The van der Waals surface area contributed by atoms with Gasteiger partial charge in [-0.3, -0.25) is 9.59 Å². The summed E-state index contributed by atoms with van der Waals surface area (Å²) in [6.07, 6.45) is 12.1. The molecule has 1 aromatic rings. The molecule has 1 saturated heterocycles. The molecule has 0 radical (unpaired) electrons. The average molecular weight is 433 g/mol. The third-order valence-corrected chi connectivity index (χ3v) is 7.88. The normalized spacial score (nSPS) is 27.0. The molecule has 4 nitrogen and oxygen atoms in total. The Morgan fingerprint density at radius 3 is 2.69 bits per heavy atom. The van der Waals surface area contributed by atoms with Gasteiger partial charge in [-0.1, -0.05) is 55.8 Å². The Kier molecular flexibility index (Phi) is 6.86. The number of rotatable bonds is 4. The second-order valence-electron chi connectivity index (χ2n) is 8.41. The third-order valence-electron chi connectivity index (χ3n) is 6.25. The summed E-state index contributed by atoms with van der Waals surface area (Å²) in [5.74, 6) is -0.0273. The Hall–Kier alpha value is -1.46. The van der Waals surface area contributed by atoms with Crippen molar-refractivity contribution in [2.45, 2.75) is 75.1 Å². The van der Waals surface area contributed by atoms with Gasteiger partial charge in [-0.05, 0) is 49.5 Å². The molecule has 4 rings (SSSR count). The summed E-state index contributed by atoms with van der Waals surface area (Å²) in [7, 11) is 0. The predicted octanol–water partition coefficient (Wildman–Crippen LogP) is 5.02. The lowest BCUT2D eigenvalue weighted by molar-refractivity contribution is -0.136. The van der Waals surface area contributed by atoms with Crippen LogP contribution in [0.15, 0.2) is 29.2 Å². The van der Waals surface area contributed by atoms with Crippen molar-refractivity contribution in [1.82, 2.24) is 10.2 Å². The lowest BCUT2D eigenvalue weighted by atomic mass is 9.92. The molecular weight excluding hydrogens is 404 g/mol. The van der Waals surface area contributed by atoms with Crippen molar-refractivity contribution in [2.24, 2.45) is 0 Å². The van der Waals surface area contributed by atoms with Crippen LogP contribution in [-0.4, -0.2) is 40.6 Å². The van der Waals surface area contributed by atoms with Crippen molar-refractivity contribution >= 4 is 41.3 Å². The van der Waals surface area contributed by atoms with Crippen molar-refractivity contribution < 1.29 is 9.59 Å². The number of fused-ring (bicyclic) bond motifs is 1. The van der Waals surface area contributed by atoms with Crippen LogP contribution in [0.3, 0.4) is 0 Å². The summed E-state index contributed by atoms with van der Waals surface area (Å²) in [5, 5.41) is 4.21. The van der Waals surface area contributed by atoms with Crippen molar-refractivity contribution in [1.29, 1.82) is 0 Å². The summed E-state index contributed by atoms with van der Waals surface area (Å²) < 4.78 is 0. The van der Waals surface area contributed by atoms with E-state index >= 15 is 0 Å². The number of carbonyl (C=O) groups excluding carboxylic acids is 2. The monoisotopic (exact) mass is 432 g/mol. The van der Waals surface area contributed by atoms with Gasteiger partial charge in [-0.15, -0.1) is 11.8 Å². The zero-order valence-corrected chi connectivity index (χ0v) is 18.3. The minimum Gasteiger partial charge on any atom is -0.352 e. The molecule has 1 N–H and O–H groups in total. The summed E-state index contributed by atoms with van der Waals surface area (Å²) in [4.78, 5) is 28.6. The van der Waals surface area contributed by atoms with E-state index in [0.717, 1.165) is 42.6 Å². The number of amides is 2. The minimum atomic E-state index is -0.0167. The van der Waals surface area contributed by atoms with Crippen LogP contribution in [0.5, 0.6) is 0 Å². The summed E-state index contributed by atoms with van der Waals surface area (Å²) >= 11 is 7.80. The molecule has 29 heavy (non-hydrogen) atoms. The number of hydrogen-bond donors (Lipinski definition) is 1. The van der Waals surface area contributed by atoms with Crippen molar-refractivity contribution in [3.63, 3.8) is 0 Å². The van der Waals surface area contributed by atoms with E-state index in [1.54, 1.807) is 11.8 Å². The van der Waals surface area contributed by atoms with Crippen LogP contribution in [-0.2, 0) is 9.59 Å². The van der Waals surface area contributed by atoms with Gasteiger partial charge in [-0.25, -0.2) is 0 Å². The zero-order valence-electron chi connectivity index (χ0n) is 16.7. The number of benzene rings is 1. The molecular formula is C23H29ClN2O2S. The van der Waals surface area contributed by atoms with E-state index in [4.69, 9.17) is 11.6 Å². The molecule has 2 amide bonds. The molecule has 1 aromatic carbocycles. The van der Waals surface area contributed by atoms with E-state index in [1.807, 2.05) is 35.2 Å². The molecule has 2 atom stereocenters. The Balaban J connectivity index is 1.51. The van der Waals surface area contributed by atoms with E-state index in [9.17, 15) is 9.59 Å². The molecule has 156 valence electrons. The smallest absolute Gasteiger partial charge is 0.261 e. The minimum absolute atomic E-state index is 0.0106. The highest BCUT2D eigenvalue weighted by atomic mass is 35.5. The van der Waals surface area contributed by atoms with Crippen LogP contribution in [0, 0.1) is 0 Å². The predicted molar refractivity (Wildman–Crippen MR) is 120 cm³/mol. The molecule has 1 heterocycles. The Morgan fingerprint density at radius 1 is 1.14 bits per heavy atom. The summed E-state index contributed by atoms with van der Waals surface area (Å²) in [6, 6.07) is 7.99. The number of hydrogen-bond acceptors (Lipinski definition) is 3. The molecule has 2 unspecified atom stereocenters. The molecule has 3 aliphatic rings. The van der Waals surface area contributed by atoms with Crippen LogP contribution in [0.25, 0.3) is 6.08 Å². The second-order valence-corrected chi connectivity index (χ2v) is 10.1. The van der Waals surface area contributed by atoms with Crippen LogP contribution in [0.4, 0.5) is 0 Å². The standard InChI is InChI=1S/C23H29ClN2O2S/c24-17-8-6-7-16(13-17)14-21-23(28)26(19-11-4-5-12-20(19)29-21)15-22(27)25-18-9-2-1-3-10-18/h6-8,13-14,18-20H,1-5,9-12,15H2,(H,25,27)/b21-14+. The maximum atomic E-state index is 13.3. The average Bonchev–Trinajstić information content (AvgIpc) is 2.72. The number of thioether (sulfide) groups is 1. The maximum Gasteiger partial charge on any atom is 0.261 e.